The summed E-state index contributed by atoms with van der Waals surface area (Å²) in [5.41, 5.74) is 0.310. The van der Waals surface area contributed by atoms with E-state index >= 15 is 0 Å². The van der Waals surface area contributed by atoms with Crippen LogP contribution in [0.25, 0.3) is 0 Å². The van der Waals surface area contributed by atoms with E-state index in [4.69, 9.17) is 0 Å². The maximum absolute atomic E-state index is 13.1. The minimum absolute atomic E-state index is 0.114. The average molecular weight is 418 g/mol. The lowest BCUT2D eigenvalue weighted by Crippen LogP contribution is -2.35. The number of sulfonamides is 1. The Balaban J connectivity index is 1.82. The van der Waals surface area contributed by atoms with Gasteiger partial charge in [-0.15, -0.1) is 0 Å². The molecule has 3 N–H and O–H groups in total. The zero-order valence-corrected chi connectivity index (χ0v) is 16.0. The van der Waals surface area contributed by atoms with E-state index in [9.17, 15) is 27.5 Å². The zero-order valence-electron chi connectivity index (χ0n) is 15.2. The smallest absolute Gasteiger partial charge is 0.307 e. The van der Waals surface area contributed by atoms with Gasteiger partial charge in [-0.2, -0.15) is 0 Å². The summed E-state index contributed by atoms with van der Waals surface area (Å²) in [4.78, 5) is 24.0. The quantitative estimate of drug-likeness (QED) is 0.624. The number of hydrogen-bond acceptors (Lipinski definition) is 4. The van der Waals surface area contributed by atoms with Crippen LogP contribution in [0.3, 0.4) is 0 Å². The molecule has 3 rings (SSSR count). The van der Waals surface area contributed by atoms with E-state index in [1.165, 1.54) is 12.1 Å². The summed E-state index contributed by atoms with van der Waals surface area (Å²) < 4.78 is 40.6. The van der Waals surface area contributed by atoms with Gasteiger partial charge in [-0.25, -0.2) is 12.8 Å². The third-order valence-electron chi connectivity index (χ3n) is 4.64. The molecule has 0 heterocycles. The number of nitrogens with one attached hydrogen (secondary N) is 2. The molecular formula is C20H19FN2O5S. The number of allylic oxidation sites excluding steroid dienone is 2. The van der Waals surface area contributed by atoms with Crippen LogP contribution in [0.5, 0.6) is 0 Å². The van der Waals surface area contributed by atoms with Gasteiger partial charge in [0.05, 0.1) is 28.1 Å². The van der Waals surface area contributed by atoms with E-state index in [1.807, 2.05) is 0 Å². The molecule has 0 bridgehead atoms. The Morgan fingerprint density at radius 3 is 2.14 bits per heavy atom. The summed E-state index contributed by atoms with van der Waals surface area (Å²) >= 11 is 0. The van der Waals surface area contributed by atoms with Gasteiger partial charge in [0, 0.05) is 0 Å². The van der Waals surface area contributed by atoms with E-state index in [2.05, 4.69) is 10.0 Å². The van der Waals surface area contributed by atoms with Crippen LogP contribution in [-0.4, -0.2) is 25.4 Å². The molecule has 2 atom stereocenters. The molecule has 0 saturated carbocycles. The lowest BCUT2D eigenvalue weighted by molar-refractivity contribution is -0.146. The number of anilines is 2. The number of hydrogen-bond donors (Lipinski definition) is 3. The summed E-state index contributed by atoms with van der Waals surface area (Å²) in [7, 11) is -4.01. The third-order valence-corrected chi connectivity index (χ3v) is 6.02. The van der Waals surface area contributed by atoms with Crippen LogP contribution < -0.4 is 10.0 Å². The van der Waals surface area contributed by atoms with E-state index in [1.54, 1.807) is 24.3 Å². The number of halogens is 1. The Morgan fingerprint density at radius 1 is 0.931 bits per heavy atom. The second-order valence-corrected chi connectivity index (χ2v) is 8.27. The molecule has 0 aromatic heterocycles. The molecule has 0 unspecified atom stereocenters. The fraction of sp³-hybridized carbons (Fsp3) is 0.200. The largest absolute Gasteiger partial charge is 0.481 e. The molecule has 29 heavy (non-hydrogen) atoms. The Labute approximate surface area is 167 Å². The third kappa shape index (κ3) is 4.80. The molecule has 0 fully saturated rings. The summed E-state index contributed by atoms with van der Waals surface area (Å²) in [6, 6.07) is 10.5. The first-order valence-corrected chi connectivity index (χ1v) is 10.3. The van der Waals surface area contributed by atoms with E-state index in [0.29, 0.717) is 0 Å². The van der Waals surface area contributed by atoms with Crippen molar-refractivity contribution in [1.29, 1.82) is 0 Å². The van der Waals surface area contributed by atoms with Crippen LogP contribution in [0.15, 0.2) is 65.6 Å². The first-order chi connectivity index (χ1) is 13.8. The molecule has 0 aliphatic heterocycles. The van der Waals surface area contributed by atoms with Crippen molar-refractivity contribution in [1.82, 2.24) is 0 Å². The Bertz CT molecular complexity index is 1050. The van der Waals surface area contributed by atoms with Gasteiger partial charge in [-0.1, -0.05) is 24.3 Å². The van der Waals surface area contributed by atoms with Crippen LogP contribution in [-0.2, 0) is 19.6 Å². The first kappa shape index (κ1) is 20.5. The molecule has 2 aromatic rings. The molecule has 0 radical (unpaired) electrons. The van der Waals surface area contributed by atoms with E-state index in [0.717, 1.165) is 24.3 Å². The summed E-state index contributed by atoms with van der Waals surface area (Å²) in [6.45, 7) is 0. The monoisotopic (exact) mass is 418 g/mol. The van der Waals surface area contributed by atoms with Crippen molar-refractivity contribution in [3.8, 4) is 0 Å². The summed E-state index contributed by atoms with van der Waals surface area (Å²) in [5, 5.41) is 12.0. The molecule has 0 spiro atoms. The highest BCUT2D eigenvalue weighted by molar-refractivity contribution is 7.92. The van der Waals surface area contributed by atoms with Crippen molar-refractivity contribution in [3.63, 3.8) is 0 Å². The van der Waals surface area contributed by atoms with Gasteiger partial charge >= 0.3 is 5.97 Å². The number of para-hydroxylation sites is 2. The molecule has 1 aliphatic carbocycles. The minimum Gasteiger partial charge on any atom is -0.481 e. The maximum Gasteiger partial charge on any atom is 0.307 e. The van der Waals surface area contributed by atoms with Gasteiger partial charge in [-0.3, -0.25) is 14.3 Å². The Kier molecular flexibility index (Phi) is 5.97. The van der Waals surface area contributed by atoms with Crippen molar-refractivity contribution in [2.75, 3.05) is 10.0 Å². The topological polar surface area (TPSA) is 113 Å². The number of carboxylic acid groups (broad SMARTS) is 1. The molecule has 2 aromatic carbocycles. The highest BCUT2D eigenvalue weighted by Gasteiger charge is 2.34. The normalized spacial score (nSPS) is 18.8. The average Bonchev–Trinajstić information content (AvgIpc) is 2.69. The second kappa shape index (κ2) is 8.44. The van der Waals surface area contributed by atoms with Crippen LogP contribution in [0.4, 0.5) is 15.8 Å². The molecule has 9 heteroatoms. The lowest BCUT2D eigenvalue weighted by Gasteiger charge is -2.24. The van der Waals surface area contributed by atoms with Crippen molar-refractivity contribution in [2.45, 2.75) is 17.7 Å². The minimum atomic E-state index is -4.01. The number of carbonyl (C=O) groups is 2. The van der Waals surface area contributed by atoms with Gasteiger partial charge < -0.3 is 10.4 Å². The van der Waals surface area contributed by atoms with Crippen LogP contribution in [0.2, 0.25) is 0 Å². The summed E-state index contributed by atoms with van der Waals surface area (Å²) in [5.74, 6) is -3.73. The molecule has 1 amide bonds. The van der Waals surface area contributed by atoms with E-state index < -0.39 is 39.6 Å². The Morgan fingerprint density at radius 2 is 1.52 bits per heavy atom. The Hall–Kier alpha value is -3.20. The number of carbonyl (C=O) groups excluding carboxylic acids is 1. The predicted octanol–water partition coefficient (Wildman–Crippen LogP) is 3.23. The van der Waals surface area contributed by atoms with Crippen molar-refractivity contribution in [3.05, 3.63) is 66.5 Å². The van der Waals surface area contributed by atoms with Gasteiger partial charge in [-0.05, 0) is 49.2 Å². The maximum atomic E-state index is 13.1. The fourth-order valence-corrected chi connectivity index (χ4v) is 4.18. The second-order valence-electron chi connectivity index (χ2n) is 6.59. The first-order valence-electron chi connectivity index (χ1n) is 8.84. The number of carboxylic acids is 1. The number of aliphatic carboxylic acids is 1. The van der Waals surface area contributed by atoms with Gasteiger partial charge in [0.25, 0.3) is 10.0 Å². The molecule has 0 saturated heterocycles. The fourth-order valence-electron chi connectivity index (χ4n) is 3.10. The van der Waals surface area contributed by atoms with Crippen LogP contribution in [0.1, 0.15) is 12.8 Å². The number of amides is 1. The highest BCUT2D eigenvalue weighted by Crippen LogP contribution is 2.30. The van der Waals surface area contributed by atoms with Crippen molar-refractivity contribution < 1.29 is 27.5 Å². The standard InChI is InChI=1S/C20H19FN2O5S/c21-13-9-11-14(12-10-13)29(27,28)23-18-8-4-3-7-17(18)22-19(24)15-5-1-2-6-16(15)20(25)26/h1-4,7-12,15-16,23H,5-6H2,(H,22,24)(H,25,26)/t15-,16-/m1/s1. The zero-order chi connectivity index (χ0) is 21.0. The van der Waals surface area contributed by atoms with Gasteiger partial charge in [0.15, 0.2) is 0 Å². The van der Waals surface area contributed by atoms with Crippen LogP contribution in [0, 0.1) is 17.7 Å². The molecule has 152 valence electrons. The predicted molar refractivity (Wildman–Crippen MR) is 105 cm³/mol. The van der Waals surface area contributed by atoms with Gasteiger partial charge in [0.1, 0.15) is 5.82 Å². The molecule has 1 aliphatic rings. The SMILES string of the molecule is O=C(O)[C@@H]1CC=CC[C@H]1C(=O)Nc1ccccc1NS(=O)(=O)c1ccc(F)cc1. The van der Waals surface area contributed by atoms with E-state index in [-0.39, 0.29) is 29.1 Å². The highest BCUT2D eigenvalue weighted by atomic mass is 32.2. The van der Waals surface area contributed by atoms with Gasteiger partial charge in [0.2, 0.25) is 5.91 Å². The lowest BCUT2D eigenvalue weighted by atomic mass is 9.82. The number of rotatable bonds is 6. The number of benzene rings is 2. The van der Waals surface area contributed by atoms with Crippen molar-refractivity contribution >= 4 is 33.3 Å². The summed E-state index contributed by atoms with van der Waals surface area (Å²) in [6.07, 6.45) is 4.03. The molecule has 7 nitrogen and oxygen atoms in total. The van der Waals surface area contributed by atoms with Crippen LogP contribution >= 0.6 is 0 Å². The molecular weight excluding hydrogens is 399 g/mol. The van der Waals surface area contributed by atoms with Crippen molar-refractivity contribution in [2.24, 2.45) is 11.8 Å².